The van der Waals surface area contributed by atoms with Gasteiger partial charge in [0.25, 0.3) is 0 Å². The van der Waals surface area contributed by atoms with Gasteiger partial charge in [0, 0.05) is 31.5 Å². The molecule has 1 rings (SSSR count). The zero-order valence-corrected chi connectivity index (χ0v) is 12.8. The van der Waals surface area contributed by atoms with Crippen LogP contribution in [-0.4, -0.2) is 50.2 Å². The second-order valence-corrected chi connectivity index (χ2v) is 5.02. The summed E-state index contributed by atoms with van der Waals surface area (Å²) in [6.45, 7) is 9.42. The van der Waals surface area contributed by atoms with Crippen LogP contribution in [0.2, 0.25) is 0 Å². The van der Waals surface area contributed by atoms with Crippen molar-refractivity contribution >= 4 is 5.69 Å². The predicted octanol–water partition coefficient (Wildman–Crippen LogP) is 1.97. The van der Waals surface area contributed by atoms with Gasteiger partial charge in [-0.3, -0.25) is 4.98 Å². The molecule has 1 aromatic rings. The zero-order valence-electron chi connectivity index (χ0n) is 12.8. The summed E-state index contributed by atoms with van der Waals surface area (Å²) in [5.41, 5.74) is 2.40. The molecule has 1 aromatic heterocycles. The standard InChI is InChI=1S/C15H28N4/c1-5-16-13-14-12-15(8-9-17-14)19(6-2)11-7-10-18(3)4/h8-9,12,16H,5-7,10-11,13H2,1-4H3. The maximum absolute atomic E-state index is 4.40. The topological polar surface area (TPSA) is 31.4 Å². The van der Waals surface area contributed by atoms with Gasteiger partial charge in [0.1, 0.15) is 0 Å². The highest BCUT2D eigenvalue weighted by atomic mass is 15.1. The summed E-state index contributed by atoms with van der Waals surface area (Å²) in [6.07, 6.45) is 3.10. The molecule has 4 nitrogen and oxygen atoms in total. The second kappa shape index (κ2) is 8.88. The Morgan fingerprint density at radius 1 is 1.21 bits per heavy atom. The molecule has 1 N–H and O–H groups in total. The predicted molar refractivity (Wildman–Crippen MR) is 82.7 cm³/mol. The first-order valence-corrected chi connectivity index (χ1v) is 7.22. The van der Waals surface area contributed by atoms with Crippen molar-refractivity contribution in [2.24, 2.45) is 0 Å². The third-order valence-corrected chi connectivity index (χ3v) is 3.14. The Morgan fingerprint density at radius 2 is 2.00 bits per heavy atom. The Kier molecular flexibility index (Phi) is 7.45. The Labute approximate surface area is 117 Å². The fourth-order valence-corrected chi connectivity index (χ4v) is 2.06. The van der Waals surface area contributed by atoms with Crippen LogP contribution in [0.15, 0.2) is 18.3 Å². The summed E-state index contributed by atoms with van der Waals surface area (Å²) in [6, 6.07) is 4.30. The van der Waals surface area contributed by atoms with Gasteiger partial charge >= 0.3 is 0 Å². The van der Waals surface area contributed by atoms with Gasteiger partial charge in [-0.2, -0.15) is 0 Å². The number of nitrogens with zero attached hydrogens (tertiary/aromatic N) is 3. The molecule has 4 heteroatoms. The molecule has 108 valence electrons. The van der Waals surface area contributed by atoms with Gasteiger partial charge in [-0.25, -0.2) is 0 Å². The van der Waals surface area contributed by atoms with Crippen molar-refractivity contribution in [2.75, 3.05) is 45.2 Å². The van der Waals surface area contributed by atoms with Crippen LogP contribution in [-0.2, 0) is 6.54 Å². The average Bonchev–Trinajstić information content (AvgIpc) is 2.41. The van der Waals surface area contributed by atoms with Crippen LogP contribution in [0.3, 0.4) is 0 Å². The van der Waals surface area contributed by atoms with E-state index in [9.17, 15) is 0 Å². The van der Waals surface area contributed by atoms with E-state index >= 15 is 0 Å². The third kappa shape index (κ3) is 6.03. The highest BCUT2D eigenvalue weighted by molar-refractivity contribution is 5.46. The van der Waals surface area contributed by atoms with Crippen molar-refractivity contribution in [3.63, 3.8) is 0 Å². The molecule has 0 aliphatic rings. The molecule has 0 unspecified atom stereocenters. The average molecular weight is 264 g/mol. The molecule has 0 amide bonds. The second-order valence-electron chi connectivity index (χ2n) is 5.02. The Hall–Kier alpha value is -1.13. The van der Waals surface area contributed by atoms with Crippen molar-refractivity contribution < 1.29 is 0 Å². The van der Waals surface area contributed by atoms with Crippen molar-refractivity contribution in [1.29, 1.82) is 0 Å². The molecule has 0 bridgehead atoms. The quantitative estimate of drug-likeness (QED) is 0.739. The normalized spacial score (nSPS) is 11.0. The summed E-state index contributed by atoms with van der Waals surface area (Å²) in [5, 5.41) is 3.32. The number of pyridine rings is 1. The first-order valence-electron chi connectivity index (χ1n) is 7.22. The molecule has 0 aromatic carbocycles. The van der Waals surface area contributed by atoms with E-state index in [0.717, 1.165) is 38.4 Å². The first kappa shape index (κ1) is 15.9. The number of hydrogen-bond donors (Lipinski definition) is 1. The largest absolute Gasteiger partial charge is 0.372 e. The molecule has 0 saturated heterocycles. The number of nitrogens with one attached hydrogen (secondary N) is 1. The van der Waals surface area contributed by atoms with Gasteiger partial charge in [0.15, 0.2) is 0 Å². The third-order valence-electron chi connectivity index (χ3n) is 3.14. The van der Waals surface area contributed by atoms with Crippen molar-refractivity contribution in [3.8, 4) is 0 Å². The van der Waals surface area contributed by atoms with Crippen LogP contribution < -0.4 is 10.2 Å². The summed E-state index contributed by atoms with van der Waals surface area (Å²) in [5.74, 6) is 0. The van der Waals surface area contributed by atoms with E-state index in [0.29, 0.717) is 0 Å². The van der Waals surface area contributed by atoms with Gasteiger partial charge in [0.2, 0.25) is 0 Å². The van der Waals surface area contributed by atoms with Crippen LogP contribution in [0.1, 0.15) is 26.0 Å². The van der Waals surface area contributed by atoms with Gasteiger partial charge in [-0.05, 0) is 52.7 Å². The molecule has 0 spiro atoms. The monoisotopic (exact) mass is 264 g/mol. The zero-order chi connectivity index (χ0) is 14.1. The molecular formula is C15H28N4. The number of rotatable bonds is 9. The summed E-state index contributed by atoms with van der Waals surface area (Å²) >= 11 is 0. The van der Waals surface area contributed by atoms with E-state index in [1.165, 1.54) is 12.1 Å². The van der Waals surface area contributed by atoms with E-state index < -0.39 is 0 Å². The van der Waals surface area contributed by atoms with Gasteiger partial charge in [-0.1, -0.05) is 6.92 Å². The van der Waals surface area contributed by atoms with E-state index in [2.05, 4.69) is 60.2 Å². The van der Waals surface area contributed by atoms with Crippen molar-refractivity contribution in [3.05, 3.63) is 24.0 Å². The Balaban J connectivity index is 2.58. The number of hydrogen-bond acceptors (Lipinski definition) is 4. The fraction of sp³-hybridized carbons (Fsp3) is 0.667. The molecule has 0 radical (unpaired) electrons. The first-order chi connectivity index (χ1) is 9.17. The smallest absolute Gasteiger partial charge is 0.0562 e. The SMILES string of the molecule is CCNCc1cc(N(CC)CCCN(C)C)ccn1. The molecule has 0 saturated carbocycles. The summed E-state index contributed by atoms with van der Waals surface area (Å²) in [7, 11) is 4.24. The van der Waals surface area contributed by atoms with Crippen molar-refractivity contribution in [2.45, 2.75) is 26.8 Å². The van der Waals surface area contributed by atoms with E-state index in [4.69, 9.17) is 0 Å². The Morgan fingerprint density at radius 3 is 2.63 bits per heavy atom. The maximum atomic E-state index is 4.40. The molecule has 0 aliphatic heterocycles. The molecule has 0 fully saturated rings. The Bertz CT molecular complexity index is 352. The lowest BCUT2D eigenvalue weighted by Crippen LogP contribution is -2.27. The van der Waals surface area contributed by atoms with Crippen LogP contribution in [0.4, 0.5) is 5.69 Å². The van der Waals surface area contributed by atoms with Crippen molar-refractivity contribution in [1.82, 2.24) is 15.2 Å². The minimum absolute atomic E-state index is 0.847. The van der Waals surface area contributed by atoms with Gasteiger partial charge in [-0.15, -0.1) is 0 Å². The van der Waals surface area contributed by atoms with Crippen LogP contribution in [0.25, 0.3) is 0 Å². The van der Waals surface area contributed by atoms with Crippen LogP contribution in [0, 0.1) is 0 Å². The van der Waals surface area contributed by atoms with Crippen LogP contribution in [0.5, 0.6) is 0 Å². The lowest BCUT2D eigenvalue weighted by atomic mass is 10.2. The minimum Gasteiger partial charge on any atom is -0.372 e. The fourth-order valence-electron chi connectivity index (χ4n) is 2.06. The van der Waals surface area contributed by atoms with E-state index in [1.807, 2.05) is 6.20 Å². The highest BCUT2D eigenvalue weighted by Gasteiger charge is 2.05. The molecule has 0 aliphatic carbocycles. The minimum atomic E-state index is 0.847. The highest BCUT2D eigenvalue weighted by Crippen LogP contribution is 2.14. The lowest BCUT2D eigenvalue weighted by molar-refractivity contribution is 0.400. The van der Waals surface area contributed by atoms with E-state index in [-0.39, 0.29) is 0 Å². The lowest BCUT2D eigenvalue weighted by Gasteiger charge is -2.24. The summed E-state index contributed by atoms with van der Waals surface area (Å²) in [4.78, 5) is 9.06. The van der Waals surface area contributed by atoms with Gasteiger partial charge < -0.3 is 15.1 Å². The van der Waals surface area contributed by atoms with Gasteiger partial charge in [0.05, 0.1) is 5.69 Å². The summed E-state index contributed by atoms with van der Waals surface area (Å²) < 4.78 is 0. The van der Waals surface area contributed by atoms with Crippen LogP contribution >= 0.6 is 0 Å². The number of aromatic nitrogens is 1. The van der Waals surface area contributed by atoms with E-state index in [1.54, 1.807) is 0 Å². The molecular weight excluding hydrogens is 236 g/mol. The molecule has 19 heavy (non-hydrogen) atoms. The number of anilines is 1. The molecule has 1 heterocycles. The molecule has 0 atom stereocenters. The maximum Gasteiger partial charge on any atom is 0.0562 e.